The van der Waals surface area contributed by atoms with Crippen LogP contribution in [0.5, 0.6) is 17.2 Å². The fourth-order valence-corrected chi connectivity index (χ4v) is 4.20. The SMILES string of the molecule is CCOc1cc(/C=C2/C(=O)NC(=O)N(c3ccc(Cl)cc3)C2=O)ccc1OCCOc1cc(C)cc(CC)c1. The zero-order chi connectivity index (χ0) is 27.9. The molecule has 0 atom stereocenters. The summed E-state index contributed by atoms with van der Waals surface area (Å²) in [4.78, 5) is 39.0. The number of anilines is 1. The molecule has 1 fully saturated rings. The number of amides is 4. The van der Waals surface area contributed by atoms with Crippen LogP contribution in [0.3, 0.4) is 0 Å². The lowest BCUT2D eigenvalue weighted by Gasteiger charge is -2.26. The van der Waals surface area contributed by atoms with Gasteiger partial charge in [0.25, 0.3) is 11.8 Å². The van der Waals surface area contributed by atoms with Gasteiger partial charge in [0.2, 0.25) is 0 Å². The van der Waals surface area contributed by atoms with E-state index >= 15 is 0 Å². The van der Waals surface area contributed by atoms with Gasteiger partial charge in [-0.15, -0.1) is 0 Å². The van der Waals surface area contributed by atoms with Crippen molar-refractivity contribution in [3.63, 3.8) is 0 Å². The third kappa shape index (κ3) is 6.78. The molecule has 1 aliphatic rings. The number of urea groups is 1. The van der Waals surface area contributed by atoms with Gasteiger partial charge in [-0.25, -0.2) is 9.69 Å². The molecule has 1 saturated heterocycles. The number of carbonyl (C=O) groups excluding carboxylic acids is 3. The summed E-state index contributed by atoms with van der Waals surface area (Å²) in [5, 5.41) is 2.66. The first kappa shape index (κ1) is 27.7. The smallest absolute Gasteiger partial charge is 0.335 e. The van der Waals surface area contributed by atoms with E-state index in [2.05, 4.69) is 18.3 Å². The van der Waals surface area contributed by atoms with Gasteiger partial charge in [-0.05, 0) is 91.6 Å². The molecular weight excluding hydrogens is 520 g/mol. The van der Waals surface area contributed by atoms with Crippen molar-refractivity contribution >= 4 is 41.2 Å². The molecule has 0 saturated carbocycles. The summed E-state index contributed by atoms with van der Waals surface area (Å²) in [6.45, 7) is 6.98. The van der Waals surface area contributed by atoms with Crippen molar-refractivity contribution in [3.05, 3.63) is 87.9 Å². The Bertz CT molecular complexity index is 1420. The van der Waals surface area contributed by atoms with Gasteiger partial charge in [0, 0.05) is 5.02 Å². The molecular formula is C30H29ClN2O6. The van der Waals surface area contributed by atoms with Gasteiger partial charge in [0.05, 0.1) is 12.3 Å². The highest BCUT2D eigenvalue weighted by Gasteiger charge is 2.36. The zero-order valence-corrected chi connectivity index (χ0v) is 22.7. The summed E-state index contributed by atoms with van der Waals surface area (Å²) in [5.74, 6) is 0.212. The second-order valence-electron chi connectivity index (χ2n) is 8.78. The van der Waals surface area contributed by atoms with Crippen molar-refractivity contribution in [2.24, 2.45) is 0 Å². The summed E-state index contributed by atoms with van der Waals surface area (Å²) in [5.41, 5.74) is 2.97. The van der Waals surface area contributed by atoms with Crippen LogP contribution in [0.15, 0.2) is 66.2 Å². The number of hydrogen-bond acceptors (Lipinski definition) is 6. The van der Waals surface area contributed by atoms with Crippen LogP contribution >= 0.6 is 11.6 Å². The molecule has 0 radical (unpaired) electrons. The van der Waals surface area contributed by atoms with Crippen LogP contribution in [-0.2, 0) is 16.0 Å². The van der Waals surface area contributed by atoms with E-state index in [0.717, 1.165) is 22.6 Å². The molecule has 4 amide bonds. The maximum Gasteiger partial charge on any atom is 0.335 e. The topological polar surface area (TPSA) is 94.2 Å². The van der Waals surface area contributed by atoms with Crippen LogP contribution in [0, 0.1) is 6.92 Å². The Morgan fingerprint density at radius 2 is 1.62 bits per heavy atom. The van der Waals surface area contributed by atoms with E-state index in [1.807, 2.05) is 26.0 Å². The van der Waals surface area contributed by atoms with E-state index in [4.69, 9.17) is 25.8 Å². The average molecular weight is 549 g/mol. The van der Waals surface area contributed by atoms with E-state index in [1.54, 1.807) is 30.3 Å². The molecule has 0 spiro atoms. The number of imide groups is 2. The van der Waals surface area contributed by atoms with Crippen molar-refractivity contribution < 1.29 is 28.6 Å². The lowest BCUT2D eigenvalue weighted by Crippen LogP contribution is -2.54. The van der Waals surface area contributed by atoms with Crippen molar-refractivity contribution in [3.8, 4) is 17.2 Å². The number of ether oxygens (including phenoxy) is 3. The van der Waals surface area contributed by atoms with Crippen molar-refractivity contribution in [2.45, 2.75) is 27.2 Å². The zero-order valence-electron chi connectivity index (χ0n) is 22.0. The first-order valence-electron chi connectivity index (χ1n) is 12.6. The number of halogens is 1. The number of nitrogens with zero attached hydrogens (tertiary/aromatic N) is 1. The molecule has 0 aliphatic carbocycles. The molecule has 8 nitrogen and oxygen atoms in total. The van der Waals surface area contributed by atoms with E-state index < -0.39 is 17.8 Å². The lowest BCUT2D eigenvalue weighted by molar-refractivity contribution is -0.122. The molecule has 0 bridgehead atoms. The van der Waals surface area contributed by atoms with Crippen LogP contribution in [0.2, 0.25) is 5.02 Å². The number of rotatable bonds is 10. The summed E-state index contributed by atoms with van der Waals surface area (Å²) < 4.78 is 17.5. The van der Waals surface area contributed by atoms with Gasteiger partial charge < -0.3 is 14.2 Å². The Morgan fingerprint density at radius 3 is 2.33 bits per heavy atom. The van der Waals surface area contributed by atoms with E-state index in [-0.39, 0.29) is 17.9 Å². The molecule has 3 aromatic rings. The second kappa shape index (κ2) is 12.5. The summed E-state index contributed by atoms with van der Waals surface area (Å²) in [6, 6.07) is 16.5. The minimum Gasteiger partial charge on any atom is -0.490 e. The third-order valence-electron chi connectivity index (χ3n) is 5.89. The van der Waals surface area contributed by atoms with E-state index in [9.17, 15) is 14.4 Å². The van der Waals surface area contributed by atoms with Crippen molar-refractivity contribution in [1.82, 2.24) is 5.32 Å². The maximum atomic E-state index is 13.1. The number of nitrogens with one attached hydrogen (secondary N) is 1. The Balaban J connectivity index is 1.49. The summed E-state index contributed by atoms with van der Waals surface area (Å²) in [7, 11) is 0. The first-order chi connectivity index (χ1) is 18.8. The molecule has 1 N–H and O–H groups in total. The predicted octanol–water partition coefficient (Wildman–Crippen LogP) is 5.73. The Kier molecular flexibility index (Phi) is 8.88. The van der Waals surface area contributed by atoms with Crippen LogP contribution in [-0.4, -0.2) is 37.7 Å². The number of carbonyl (C=O) groups is 3. The van der Waals surface area contributed by atoms with Gasteiger partial charge in [0.1, 0.15) is 24.5 Å². The van der Waals surface area contributed by atoms with Crippen LogP contribution in [0.1, 0.15) is 30.5 Å². The fraction of sp³-hybridized carbons (Fsp3) is 0.233. The van der Waals surface area contributed by atoms with Crippen molar-refractivity contribution in [1.29, 1.82) is 0 Å². The Hall–Kier alpha value is -4.30. The molecule has 39 heavy (non-hydrogen) atoms. The molecule has 9 heteroatoms. The average Bonchev–Trinajstić information content (AvgIpc) is 2.90. The van der Waals surface area contributed by atoms with Crippen LogP contribution in [0.25, 0.3) is 6.08 Å². The van der Waals surface area contributed by atoms with Crippen LogP contribution < -0.4 is 24.4 Å². The minimum absolute atomic E-state index is 0.196. The van der Waals surface area contributed by atoms with Crippen LogP contribution in [0.4, 0.5) is 10.5 Å². The highest BCUT2D eigenvalue weighted by Crippen LogP contribution is 2.30. The van der Waals surface area contributed by atoms with Gasteiger partial charge in [-0.2, -0.15) is 0 Å². The largest absolute Gasteiger partial charge is 0.490 e. The Labute approximate surface area is 232 Å². The van der Waals surface area contributed by atoms with Gasteiger partial charge in [-0.3, -0.25) is 14.9 Å². The van der Waals surface area contributed by atoms with E-state index in [1.165, 1.54) is 23.8 Å². The van der Waals surface area contributed by atoms with Crippen molar-refractivity contribution in [2.75, 3.05) is 24.7 Å². The van der Waals surface area contributed by atoms with Gasteiger partial charge in [0.15, 0.2) is 11.5 Å². The van der Waals surface area contributed by atoms with E-state index in [0.29, 0.717) is 35.3 Å². The molecule has 0 aromatic heterocycles. The number of hydrogen-bond donors (Lipinski definition) is 1. The highest BCUT2D eigenvalue weighted by molar-refractivity contribution is 6.39. The minimum atomic E-state index is -0.831. The van der Waals surface area contributed by atoms with Gasteiger partial charge in [-0.1, -0.05) is 30.7 Å². The second-order valence-corrected chi connectivity index (χ2v) is 9.21. The third-order valence-corrected chi connectivity index (χ3v) is 6.15. The van der Waals surface area contributed by atoms with Gasteiger partial charge >= 0.3 is 6.03 Å². The molecule has 3 aromatic carbocycles. The number of benzene rings is 3. The molecule has 202 valence electrons. The maximum absolute atomic E-state index is 13.1. The molecule has 4 rings (SSSR count). The highest BCUT2D eigenvalue weighted by atomic mass is 35.5. The normalized spacial score (nSPS) is 14.4. The number of aryl methyl sites for hydroxylation is 2. The molecule has 1 heterocycles. The lowest BCUT2D eigenvalue weighted by atomic mass is 10.1. The quantitative estimate of drug-likeness (QED) is 0.197. The summed E-state index contributed by atoms with van der Waals surface area (Å²) in [6.07, 6.45) is 2.34. The molecule has 1 aliphatic heterocycles. The number of barbiturate groups is 1. The summed E-state index contributed by atoms with van der Waals surface area (Å²) >= 11 is 5.92. The monoisotopic (exact) mass is 548 g/mol. The standard InChI is InChI=1S/C30H29ClN2O6/c1-4-20-14-19(3)15-24(16-20)38-12-13-39-26-11-6-21(18-27(26)37-5-2)17-25-28(34)32-30(36)33(29(25)35)23-9-7-22(31)8-10-23/h6-11,14-18H,4-5,12-13H2,1-3H3,(H,32,34,36)/b25-17-. The predicted molar refractivity (Wildman–Crippen MR) is 150 cm³/mol. The first-order valence-corrected chi connectivity index (χ1v) is 13.0. The fourth-order valence-electron chi connectivity index (χ4n) is 4.07. The molecule has 0 unspecified atom stereocenters. The Morgan fingerprint density at radius 1 is 0.872 bits per heavy atom.